The number of amides is 2. The second kappa shape index (κ2) is 12.3. The van der Waals surface area contributed by atoms with Crippen LogP contribution in [0.5, 0.6) is 11.5 Å². The Morgan fingerprint density at radius 1 is 0.927 bits per heavy atom. The Hall–Kier alpha value is -3.28. The number of benzene rings is 3. The number of halogens is 2. The van der Waals surface area contributed by atoms with Gasteiger partial charge in [0.05, 0.1) is 4.90 Å². The molecule has 0 N–H and O–H groups in total. The van der Waals surface area contributed by atoms with Crippen molar-refractivity contribution in [2.24, 2.45) is 0 Å². The standard InChI is InChI=1S/C30H33BrFN3O5S/c1-19-16-20(2)22(4)28(21(19)3)41(38,39)35-14-12-34(13-15-35)30(37)29(36)33(5)18-23-8-6-7-9-26(23)40-27-11-10-24(31)17-25(27)32/h6-11,16-17H,12-15,18H2,1-5H3. The predicted octanol–water partition coefficient (Wildman–Crippen LogP) is 5.11. The normalized spacial score (nSPS) is 14.2. The highest BCUT2D eigenvalue weighted by Gasteiger charge is 2.35. The topological polar surface area (TPSA) is 87.2 Å². The fourth-order valence-corrected chi connectivity index (χ4v) is 7.20. The lowest BCUT2D eigenvalue weighted by atomic mass is 10.0. The van der Waals surface area contributed by atoms with Crippen molar-refractivity contribution in [3.8, 4) is 11.5 Å². The first kappa shape index (κ1) is 30.7. The lowest BCUT2D eigenvalue weighted by Gasteiger charge is -2.35. The number of hydrogen-bond acceptors (Lipinski definition) is 5. The largest absolute Gasteiger partial charge is 0.454 e. The maximum absolute atomic E-state index is 14.3. The van der Waals surface area contributed by atoms with E-state index in [2.05, 4.69) is 15.9 Å². The molecule has 41 heavy (non-hydrogen) atoms. The van der Waals surface area contributed by atoms with Crippen LogP contribution in [0.25, 0.3) is 0 Å². The third kappa shape index (κ3) is 6.47. The number of nitrogens with zero attached hydrogens (tertiary/aromatic N) is 3. The number of para-hydroxylation sites is 1. The molecule has 0 bridgehead atoms. The predicted molar refractivity (Wildman–Crippen MR) is 158 cm³/mol. The molecule has 0 aromatic heterocycles. The van der Waals surface area contributed by atoms with Crippen molar-refractivity contribution in [1.82, 2.24) is 14.1 Å². The van der Waals surface area contributed by atoms with Crippen LogP contribution in [0.1, 0.15) is 27.8 Å². The van der Waals surface area contributed by atoms with Gasteiger partial charge in [-0.2, -0.15) is 4.31 Å². The number of rotatable bonds is 6. The minimum absolute atomic E-state index is 0.0322. The van der Waals surface area contributed by atoms with E-state index in [0.717, 1.165) is 22.3 Å². The van der Waals surface area contributed by atoms with Gasteiger partial charge in [-0.05, 0) is 74.2 Å². The summed E-state index contributed by atoms with van der Waals surface area (Å²) in [6, 6.07) is 13.3. The summed E-state index contributed by atoms with van der Waals surface area (Å²) >= 11 is 3.22. The van der Waals surface area contributed by atoms with E-state index in [-0.39, 0.29) is 38.5 Å². The summed E-state index contributed by atoms with van der Waals surface area (Å²) in [7, 11) is -2.27. The summed E-state index contributed by atoms with van der Waals surface area (Å²) in [6.45, 7) is 7.83. The molecule has 0 unspecified atom stereocenters. The Balaban J connectivity index is 1.42. The summed E-state index contributed by atoms with van der Waals surface area (Å²) in [5.74, 6) is -1.59. The van der Waals surface area contributed by atoms with Crippen LogP contribution in [0.15, 0.2) is 57.9 Å². The van der Waals surface area contributed by atoms with Gasteiger partial charge in [0.25, 0.3) is 0 Å². The molecule has 0 spiro atoms. The third-order valence-electron chi connectivity index (χ3n) is 7.44. The minimum atomic E-state index is -3.77. The molecule has 1 aliphatic heterocycles. The molecule has 1 heterocycles. The summed E-state index contributed by atoms with van der Waals surface area (Å²) in [4.78, 5) is 29.1. The molecule has 11 heteroatoms. The number of sulfonamides is 1. The zero-order valence-corrected chi connectivity index (χ0v) is 26.1. The lowest BCUT2D eigenvalue weighted by molar-refractivity contribution is -0.152. The van der Waals surface area contributed by atoms with Crippen LogP contribution in [0.4, 0.5) is 4.39 Å². The van der Waals surface area contributed by atoms with Gasteiger partial charge >= 0.3 is 11.8 Å². The van der Waals surface area contributed by atoms with Gasteiger partial charge in [0, 0.05) is 49.8 Å². The van der Waals surface area contributed by atoms with Gasteiger partial charge in [-0.1, -0.05) is 40.2 Å². The lowest BCUT2D eigenvalue weighted by Crippen LogP contribution is -2.54. The molecule has 2 amide bonds. The van der Waals surface area contributed by atoms with Crippen molar-refractivity contribution < 1.29 is 27.1 Å². The molecule has 0 radical (unpaired) electrons. The Morgan fingerprint density at radius 2 is 1.54 bits per heavy atom. The van der Waals surface area contributed by atoms with Gasteiger partial charge in [-0.25, -0.2) is 12.8 Å². The summed E-state index contributed by atoms with van der Waals surface area (Å²) in [5.41, 5.74) is 3.84. The van der Waals surface area contributed by atoms with E-state index < -0.39 is 27.7 Å². The highest BCUT2D eigenvalue weighted by atomic mass is 79.9. The molecule has 1 saturated heterocycles. The summed E-state index contributed by atoms with van der Waals surface area (Å²) in [6.07, 6.45) is 0. The maximum Gasteiger partial charge on any atom is 0.312 e. The van der Waals surface area contributed by atoms with Gasteiger partial charge < -0.3 is 14.5 Å². The Bertz CT molecular complexity index is 1580. The van der Waals surface area contributed by atoms with Gasteiger partial charge in [-0.3, -0.25) is 9.59 Å². The summed E-state index contributed by atoms with van der Waals surface area (Å²) in [5, 5.41) is 0. The molecule has 1 fully saturated rings. The van der Waals surface area contributed by atoms with Crippen LogP contribution in [0, 0.1) is 33.5 Å². The molecular formula is C30H33BrFN3O5S. The van der Waals surface area contributed by atoms with Crippen LogP contribution in [-0.4, -0.2) is 67.6 Å². The van der Waals surface area contributed by atoms with E-state index in [0.29, 0.717) is 20.7 Å². The molecule has 3 aromatic carbocycles. The smallest absolute Gasteiger partial charge is 0.312 e. The van der Waals surface area contributed by atoms with Crippen LogP contribution < -0.4 is 4.74 Å². The number of hydrogen-bond donors (Lipinski definition) is 0. The number of carbonyl (C=O) groups is 2. The Morgan fingerprint density at radius 3 is 2.15 bits per heavy atom. The zero-order chi connectivity index (χ0) is 30.1. The van der Waals surface area contributed by atoms with Crippen LogP contribution in [0.2, 0.25) is 0 Å². The van der Waals surface area contributed by atoms with Crippen molar-refractivity contribution in [2.45, 2.75) is 39.1 Å². The Kier molecular flexibility index (Phi) is 9.20. The van der Waals surface area contributed by atoms with Crippen molar-refractivity contribution in [3.05, 3.63) is 86.6 Å². The van der Waals surface area contributed by atoms with E-state index in [1.54, 1.807) is 30.3 Å². The summed E-state index contributed by atoms with van der Waals surface area (Å²) < 4.78 is 49.2. The molecule has 0 atom stereocenters. The van der Waals surface area contributed by atoms with E-state index in [9.17, 15) is 22.4 Å². The van der Waals surface area contributed by atoms with Crippen molar-refractivity contribution in [3.63, 3.8) is 0 Å². The van der Waals surface area contributed by atoms with E-state index >= 15 is 0 Å². The van der Waals surface area contributed by atoms with Crippen LogP contribution in [-0.2, 0) is 26.2 Å². The highest BCUT2D eigenvalue weighted by molar-refractivity contribution is 9.10. The fraction of sp³-hybridized carbons (Fsp3) is 0.333. The van der Waals surface area contributed by atoms with Crippen LogP contribution in [0.3, 0.4) is 0 Å². The highest BCUT2D eigenvalue weighted by Crippen LogP contribution is 2.31. The molecule has 0 saturated carbocycles. The minimum Gasteiger partial charge on any atom is -0.454 e. The van der Waals surface area contributed by atoms with Gasteiger partial charge in [-0.15, -0.1) is 0 Å². The number of likely N-dealkylation sites (N-methyl/N-ethyl adjacent to an activating group) is 1. The SMILES string of the molecule is Cc1cc(C)c(C)c(S(=O)(=O)N2CCN(C(=O)C(=O)N(C)Cc3ccccc3Oc3ccc(Br)cc3F)CC2)c1C. The third-order valence-corrected chi connectivity index (χ3v) is 10.1. The monoisotopic (exact) mass is 645 g/mol. The molecule has 1 aliphatic rings. The van der Waals surface area contributed by atoms with E-state index in [4.69, 9.17) is 4.74 Å². The second-order valence-electron chi connectivity index (χ2n) is 10.2. The van der Waals surface area contributed by atoms with Crippen molar-refractivity contribution >= 4 is 37.8 Å². The first-order valence-electron chi connectivity index (χ1n) is 13.1. The van der Waals surface area contributed by atoms with Gasteiger partial charge in [0.2, 0.25) is 10.0 Å². The number of piperazine rings is 1. The number of aryl methyl sites for hydroxylation is 2. The first-order chi connectivity index (χ1) is 19.3. The zero-order valence-electron chi connectivity index (χ0n) is 23.7. The first-order valence-corrected chi connectivity index (χ1v) is 15.4. The quantitative estimate of drug-likeness (QED) is 0.348. The number of ether oxygens (including phenoxy) is 1. The van der Waals surface area contributed by atoms with E-state index in [1.807, 2.05) is 33.8 Å². The van der Waals surface area contributed by atoms with E-state index in [1.165, 1.54) is 33.3 Å². The average Bonchev–Trinajstić information content (AvgIpc) is 2.93. The second-order valence-corrected chi connectivity index (χ2v) is 13.0. The van der Waals surface area contributed by atoms with Gasteiger partial charge in [0.1, 0.15) is 5.75 Å². The molecule has 218 valence electrons. The fourth-order valence-electron chi connectivity index (χ4n) is 4.86. The average molecular weight is 647 g/mol. The van der Waals surface area contributed by atoms with Crippen LogP contribution >= 0.6 is 15.9 Å². The maximum atomic E-state index is 14.3. The number of carbonyl (C=O) groups excluding carboxylic acids is 2. The molecule has 4 rings (SSSR count). The van der Waals surface area contributed by atoms with Crippen molar-refractivity contribution in [1.29, 1.82) is 0 Å². The van der Waals surface area contributed by atoms with Crippen molar-refractivity contribution in [2.75, 3.05) is 33.2 Å². The molecule has 3 aromatic rings. The Labute approximate surface area is 248 Å². The molecular weight excluding hydrogens is 613 g/mol. The van der Waals surface area contributed by atoms with Gasteiger partial charge in [0.15, 0.2) is 11.6 Å². The molecule has 0 aliphatic carbocycles. The molecule has 8 nitrogen and oxygen atoms in total.